The highest BCUT2D eigenvalue weighted by atomic mass is 16.5. The summed E-state index contributed by atoms with van der Waals surface area (Å²) in [5.41, 5.74) is 7.79. The summed E-state index contributed by atoms with van der Waals surface area (Å²) in [4.78, 5) is 23.9. The number of fused-ring (bicyclic) bond motifs is 1. The van der Waals surface area contributed by atoms with Crippen LogP contribution in [0.3, 0.4) is 0 Å². The lowest BCUT2D eigenvalue weighted by Crippen LogP contribution is -2.28. The van der Waals surface area contributed by atoms with Crippen LogP contribution in [0.4, 0.5) is 5.82 Å². The highest BCUT2D eigenvalue weighted by Crippen LogP contribution is 2.26. The molecule has 0 unspecified atom stereocenters. The number of aromatic amines is 1. The fourth-order valence-corrected chi connectivity index (χ4v) is 3.08. The second-order valence-electron chi connectivity index (χ2n) is 6.12. The summed E-state index contributed by atoms with van der Waals surface area (Å²) in [6, 6.07) is 10.1. The van der Waals surface area contributed by atoms with Crippen LogP contribution < -0.4 is 11.1 Å². The van der Waals surface area contributed by atoms with E-state index in [9.17, 15) is 4.79 Å². The SMILES string of the molecule is NC(=O)c1ncc(NC2CCOCC2)nc1-c1cc2ccccc2[nH]1. The van der Waals surface area contributed by atoms with Crippen molar-refractivity contribution in [2.45, 2.75) is 18.9 Å². The van der Waals surface area contributed by atoms with Crippen LogP contribution in [0.5, 0.6) is 0 Å². The molecule has 7 nitrogen and oxygen atoms in total. The number of carbonyl (C=O) groups excluding carboxylic acids is 1. The molecule has 1 fully saturated rings. The minimum absolute atomic E-state index is 0.157. The first-order chi connectivity index (χ1) is 12.2. The molecule has 0 radical (unpaired) electrons. The lowest BCUT2D eigenvalue weighted by Gasteiger charge is -2.23. The zero-order valence-corrected chi connectivity index (χ0v) is 13.7. The standard InChI is InChI=1S/C18H19N5O2/c19-18(24)17-16(14-9-11-3-1-2-4-13(11)22-14)23-15(10-20-17)21-12-5-7-25-8-6-12/h1-4,9-10,12,22H,5-8H2,(H2,19,24)(H,21,23). The van der Waals surface area contributed by atoms with Crippen molar-refractivity contribution in [3.8, 4) is 11.4 Å². The number of para-hydroxylation sites is 1. The summed E-state index contributed by atoms with van der Waals surface area (Å²) in [5, 5.41) is 4.41. The van der Waals surface area contributed by atoms with Crippen molar-refractivity contribution >= 4 is 22.6 Å². The lowest BCUT2D eigenvalue weighted by atomic mass is 10.1. The second-order valence-corrected chi connectivity index (χ2v) is 6.12. The molecule has 3 aromatic rings. The van der Waals surface area contributed by atoms with Gasteiger partial charge in [-0.15, -0.1) is 0 Å². The molecule has 1 aliphatic heterocycles. The Hall–Kier alpha value is -2.93. The third-order valence-corrected chi connectivity index (χ3v) is 4.36. The van der Waals surface area contributed by atoms with E-state index in [4.69, 9.17) is 10.5 Å². The first kappa shape index (κ1) is 15.6. The van der Waals surface area contributed by atoms with Crippen molar-refractivity contribution in [1.29, 1.82) is 0 Å². The monoisotopic (exact) mass is 337 g/mol. The number of nitrogens with one attached hydrogen (secondary N) is 2. The van der Waals surface area contributed by atoms with E-state index in [0.29, 0.717) is 11.5 Å². The van der Waals surface area contributed by atoms with Gasteiger partial charge in [-0.2, -0.15) is 0 Å². The molecule has 4 rings (SSSR count). The van der Waals surface area contributed by atoms with Gasteiger partial charge in [-0.3, -0.25) is 4.79 Å². The number of H-pyrrole nitrogens is 1. The van der Waals surface area contributed by atoms with E-state index < -0.39 is 5.91 Å². The van der Waals surface area contributed by atoms with Gasteiger partial charge in [-0.05, 0) is 25.0 Å². The van der Waals surface area contributed by atoms with Crippen molar-refractivity contribution in [3.05, 3.63) is 42.2 Å². The number of anilines is 1. The number of hydrogen-bond acceptors (Lipinski definition) is 5. The minimum atomic E-state index is -0.598. The van der Waals surface area contributed by atoms with Gasteiger partial charge in [0.15, 0.2) is 5.69 Å². The van der Waals surface area contributed by atoms with Gasteiger partial charge in [-0.25, -0.2) is 9.97 Å². The molecular formula is C18H19N5O2. The van der Waals surface area contributed by atoms with Crippen LogP contribution in [-0.4, -0.2) is 40.1 Å². The average molecular weight is 337 g/mol. The van der Waals surface area contributed by atoms with E-state index in [2.05, 4.69) is 20.3 Å². The highest BCUT2D eigenvalue weighted by Gasteiger charge is 2.19. The maximum atomic E-state index is 11.8. The zero-order chi connectivity index (χ0) is 17.2. The third kappa shape index (κ3) is 3.18. The van der Waals surface area contributed by atoms with Gasteiger partial charge in [0.05, 0.1) is 11.9 Å². The van der Waals surface area contributed by atoms with E-state index in [-0.39, 0.29) is 11.7 Å². The summed E-state index contributed by atoms with van der Waals surface area (Å²) >= 11 is 0. The van der Waals surface area contributed by atoms with Crippen LogP contribution >= 0.6 is 0 Å². The quantitative estimate of drug-likeness (QED) is 0.677. The Labute approximate surface area is 144 Å². The normalized spacial score (nSPS) is 15.4. The largest absolute Gasteiger partial charge is 0.381 e. The Balaban J connectivity index is 1.72. The maximum absolute atomic E-state index is 11.8. The maximum Gasteiger partial charge on any atom is 0.269 e. The molecule has 0 bridgehead atoms. The van der Waals surface area contributed by atoms with Crippen molar-refractivity contribution < 1.29 is 9.53 Å². The average Bonchev–Trinajstić information content (AvgIpc) is 3.06. The molecule has 4 N–H and O–H groups in total. The molecule has 1 amide bonds. The first-order valence-electron chi connectivity index (χ1n) is 8.30. The van der Waals surface area contributed by atoms with Gasteiger partial charge in [0.1, 0.15) is 11.5 Å². The molecule has 0 saturated carbocycles. The lowest BCUT2D eigenvalue weighted by molar-refractivity contribution is 0.0904. The van der Waals surface area contributed by atoms with Gasteiger partial charge in [0.25, 0.3) is 5.91 Å². The summed E-state index contributed by atoms with van der Waals surface area (Å²) in [6.45, 7) is 1.47. The molecule has 3 heterocycles. The number of benzene rings is 1. The Morgan fingerprint density at radius 2 is 2.08 bits per heavy atom. The Bertz CT molecular complexity index is 882. The van der Waals surface area contributed by atoms with E-state index in [1.807, 2.05) is 30.3 Å². The van der Waals surface area contributed by atoms with Crippen LogP contribution in [0.15, 0.2) is 36.5 Å². The molecule has 7 heteroatoms. The van der Waals surface area contributed by atoms with Gasteiger partial charge >= 0.3 is 0 Å². The Morgan fingerprint density at radius 3 is 2.84 bits per heavy atom. The Kier molecular flexibility index (Phi) is 4.07. The molecule has 0 aliphatic carbocycles. The fourth-order valence-electron chi connectivity index (χ4n) is 3.08. The minimum Gasteiger partial charge on any atom is -0.381 e. The zero-order valence-electron chi connectivity index (χ0n) is 13.7. The van der Waals surface area contributed by atoms with Crippen molar-refractivity contribution in [2.24, 2.45) is 5.73 Å². The smallest absolute Gasteiger partial charge is 0.269 e. The molecule has 2 aromatic heterocycles. The number of rotatable bonds is 4. The fraction of sp³-hybridized carbons (Fsp3) is 0.278. The molecule has 1 aromatic carbocycles. The van der Waals surface area contributed by atoms with Gasteiger partial charge in [-0.1, -0.05) is 18.2 Å². The van der Waals surface area contributed by atoms with E-state index in [0.717, 1.165) is 42.7 Å². The van der Waals surface area contributed by atoms with Crippen LogP contribution in [0.25, 0.3) is 22.3 Å². The summed E-state index contributed by atoms with van der Waals surface area (Å²) < 4.78 is 5.37. The van der Waals surface area contributed by atoms with E-state index >= 15 is 0 Å². The predicted octanol–water partition coefficient (Wildman–Crippen LogP) is 2.31. The van der Waals surface area contributed by atoms with Crippen molar-refractivity contribution in [2.75, 3.05) is 18.5 Å². The summed E-state index contributed by atoms with van der Waals surface area (Å²) in [6.07, 6.45) is 3.39. The van der Waals surface area contributed by atoms with Crippen LogP contribution in [0, 0.1) is 0 Å². The number of hydrogen-bond donors (Lipinski definition) is 3. The van der Waals surface area contributed by atoms with Crippen LogP contribution in [0.2, 0.25) is 0 Å². The topological polar surface area (TPSA) is 106 Å². The molecule has 25 heavy (non-hydrogen) atoms. The predicted molar refractivity (Wildman–Crippen MR) is 95.3 cm³/mol. The summed E-state index contributed by atoms with van der Waals surface area (Å²) in [7, 11) is 0. The number of nitrogens with zero attached hydrogens (tertiary/aromatic N) is 2. The molecule has 1 saturated heterocycles. The third-order valence-electron chi connectivity index (χ3n) is 4.36. The van der Waals surface area contributed by atoms with Crippen molar-refractivity contribution in [1.82, 2.24) is 15.0 Å². The van der Waals surface area contributed by atoms with E-state index in [1.165, 1.54) is 0 Å². The molecule has 128 valence electrons. The van der Waals surface area contributed by atoms with Gasteiger partial charge in [0.2, 0.25) is 0 Å². The number of aromatic nitrogens is 3. The molecule has 1 aliphatic rings. The Morgan fingerprint density at radius 1 is 1.28 bits per heavy atom. The number of primary amides is 1. The van der Waals surface area contributed by atoms with Crippen LogP contribution in [0.1, 0.15) is 23.3 Å². The molecular weight excluding hydrogens is 318 g/mol. The highest BCUT2D eigenvalue weighted by molar-refractivity contribution is 5.98. The molecule has 0 atom stereocenters. The number of carbonyl (C=O) groups is 1. The van der Waals surface area contributed by atoms with E-state index in [1.54, 1.807) is 6.20 Å². The van der Waals surface area contributed by atoms with Gasteiger partial charge in [0, 0.05) is 30.2 Å². The number of nitrogens with two attached hydrogens (primary N) is 1. The van der Waals surface area contributed by atoms with Crippen LogP contribution in [-0.2, 0) is 4.74 Å². The van der Waals surface area contributed by atoms with Crippen molar-refractivity contribution in [3.63, 3.8) is 0 Å². The number of ether oxygens (including phenoxy) is 1. The summed E-state index contributed by atoms with van der Waals surface area (Å²) in [5.74, 6) is 0.0318. The molecule has 0 spiro atoms. The second kappa shape index (κ2) is 6.52. The first-order valence-corrected chi connectivity index (χ1v) is 8.30. The number of amides is 1. The van der Waals surface area contributed by atoms with Gasteiger partial charge < -0.3 is 20.8 Å².